The van der Waals surface area contributed by atoms with Crippen molar-refractivity contribution in [3.63, 3.8) is 0 Å². The fourth-order valence-corrected chi connectivity index (χ4v) is 3.11. The lowest BCUT2D eigenvalue weighted by Crippen LogP contribution is -2.40. The van der Waals surface area contributed by atoms with Crippen LogP contribution in [-0.2, 0) is 20.9 Å². The highest BCUT2D eigenvalue weighted by Gasteiger charge is 2.32. The maximum atomic E-state index is 13.5. The summed E-state index contributed by atoms with van der Waals surface area (Å²) in [6.07, 6.45) is 1.71. The van der Waals surface area contributed by atoms with Crippen molar-refractivity contribution in [1.29, 1.82) is 0 Å². The molecule has 0 radical (unpaired) electrons. The number of esters is 1. The molecule has 0 N–H and O–H groups in total. The fourth-order valence-electron chi connectivity index (χ4n) is 3.11. The van der Waals surface area contributed by atoms with Crippen LogP contribution in [-0.4, -0.2) is 39.8 Å². The Morgan fingerprint density at radius 3 is 2.19 bits per heavy atom. The first kappa shape index (κ1) is 23.8. The van der Waals surface area contributed by atoms with Gasteiger partial charge in [-0.3, -0.25) is 9.59 Å². The number of allylic oxidation sites excluding steroid dienone is 1. The first-order valence-corrected chi connectivity index (χ1v) is 9.92. The predicted molar refractivity (Wildman–Crippen MR) is 119 cm³/mol. The molecule has 0 aliphatic rings. The minimum atomic E-state index is -0.996. The average molecular weight is 427 g/mol. The zero-order chi connectivity index (χ0) is 22.8. The van der Waals surface area contributed by atoms with Crippen LogP contribution in [0.5, 0.6) is 17.2 Å². The largest absolute Gasteiger partial charge is 0.497 e. The Kier molecular flexibility index (Phi) is 8.94. The van der Waals surface area contributed by atoms with Crippen LogP contribution in [0.15, 0.2) is 55.1 Å². The molecule has 0 saturated heterocycles. The molecule has 0 heterocycles. The van der Waals surface area contributed by atoms with E-state index in [1.165, 1.54) is 4.90 Å². The summed E-state index contributed by atoms with van der Waals surface area (Å²) < 4.78 is 21.1. The van der Waals surface area contributed by atoms with E-state index in [9.17, 15) is 9.59 Å². The van der Waals surface area contributed by atoms with Crippen molar-refractivity contribution < 1.29 is 28.5 Å². The second-order valence-electron chi connectivity index (χ2n) is 6.63. The number of carbonyl (C=O) groups excluding carboxylic acids is 2. The summed E-state index contributed by atoms with van der Waals surface area (Å²) in [5.74, 6) is -0.0925. The zero-order valence-corrected chi connectivity index (χ0v) is 18.4. The Morgan fingerprint density at radius 2 is 1.65 bits per heavy atom. The van der Waals surface area contributed by atoms with Crippen LogP contribution in [0.2, 0.25) is 0 Å². The molecule has 7 nitrogen and oxygen atoms in total. The van der Waals surface area contributed by atoms with Crippen LogP contribution in [0.4, 0.5) is 5.69 Å². The number of amides is 1. The van der Waals surface area contributed by atoms with Crippen molar-refractivity contribution >= 4 is 17.6 Å². The molecule has 2 aromatic carbocycles. The van der Waals surface area contributed by atoms with Crippen molar-refractivity contribution in [3.05, 3.63) is 60.7 Å². The first-order valence-electron chi connectivity index (χ1n) is 9.92. The minimum absolute atomic E-state index is 0.171. The number of methoxy groups -OCH3 is 3. The van der Waals surface area contributed by atoms with Gasteiger partial charge in [-0.1, -0.05) is 6.08 Å². The fraction of sp³-hybridized carbons (Fsp3) is 0.333. The molecule has 0 aromatic heterocycles. The van der Waals surface area contributed by atoms with Crippen molar-refractivity contribution in [3.8, 4) is 17.2 Å². The van der Waals surface area contributed by atoms with E-state index in [4.69, 9.17) is 18.9 Å². The summed E-state index contributed by atoms with van der Waals surface area (Å²) in [4.78, 5) is 27.5. The van der Waals surface area contributed by atoms with Gasteiger partial charge in [-0.2, -0.15) is 0 Å². The van der Waals surface area contributed by atoms with Crippen molar-refractivity contribution in [2.75, 3.05) is 32.8 Å². The van der Waals surface area contributed by atoms with Crippen LogP contribution < -0.4 is 19.1 Å². The van der Waals surface area contributed by atoms with E-state index in [1.807, 2.05) is 6.07 Å². The summed E-state index contributed by atoms with van der Waals surface area (Å²) in [6, 6.07) is 12.4. The van der Waals surface area contributed by atoms with Crippen LogP contribution in [0.25, 0.3) is 0 Å². The van der Waals surface area contributed by atoms with Gasteiger partial charge in [0, 0.05) is 17.3 Å². The van der Waals surface area contributed by atoms with Crippen LogP contribution >= 0.6 is 0 Å². The second-order valence-corrected chi connectivity index (χ2v) is 6.63. The quantitative estimate of drug-likeness (QED) is 0.307. The van der Waals surface area contributed by atoms with Gasteiger partial charge in [0.15, 0.2) is 0 Å². The molecule has 1 amide bonds. The summed E-state index contributed by atoms with van der Waals surface area (Å²) in [7, 11) is 4.69. The molecule has 0 bridgehead atoms. The normalized spacial score (nSPS) is 11.2. The minimum Gasteiger partial charge on any atom is -0.497 e. The number of hydrogen-bond acceptors (Lipinski definition) is 6. The molecule has 1 unspecified atom stereocenters. The molecule has 0 saturated carbocycles. The Labute approximate surface area is 183 Å². The second kappa shape index (κ2) is 11.6. The molecular weight excluding hydrogens is 398 g/mol. The van der Waals surface area contributed by atoms with Gasteiger partial charge < -0.3 is 23.8 Å². The van der Waals surface area contributed by atoms with Crippen molar-refractivity contribution in [2.45, 2.75) is 19.9 Å². The number of anilines is 1. The van der Waals surface area contributed by atoms with E-state index in [1.54, 1.807) is 70.7 Å². The van der Waals surface area contributed by atoms with Crippen molar-refractivity contribution in [1.82, 2.24) is 0 Å². The zero-order valence-electron chi connectivity index (χ0n) is 18.4. The maximum Gasteiger partial charge on any atom is 0.318 e. The molecule has 7 heteroatoms. The smallest absolute Gasteiger partial charge is 0.318 e. The number of rotatable bonds is 11. The number of ether oxygens (including phenoxy) is 4. The summed E-state index contributed by atoms with van der Waals surface area (Å²) in [5.41, 5.74) is 1.37. The van der Waals surface area contributed by atoms with Gasteiger partial charge in [0.05, 0.1) is 34.5 Å². The highest BCUT2D eigenvalue weighted by atomic mass is 16.5. The lowest BCUT2D eigenvalue weighted by Gasteiger charge is -2.27. The highest BCUT2D eigenvalue weighted by molar-refractivity contribution is 6.06. The number of carbonyl (C=O) groups is 2. The Hall–Kier alpha value is -3.48. The van der Waals surface area contributed by atoms with Gasteiger partial charge >= 0.3 is 5.97 Å². The average Bonchev–Trinajstić information content (AvgIpc) is 2.80. The van der Waals surface area contributed by atoms with Gasteiger partial charge in [0.25, 0.3) is 0 Å². The Balaban J connectivity index is 2.48. The monoisotopic (exact) mass is 427 g/mol. The number of benzene rings is 2. The topological polar surface area (TPSA) is 74.3 Å². The van der Waals surface area contributed by atoms with E-state index < -0.39 is 11.9 Å². The van der Waals surface area contributed by atoms with E-state index in [0.717, 1.165) is 5.56 Å². The molecule has 0 aliphatic carbocycles. The molecule has 0 fully saturated rings. The lowest BCUT2D eigenvalue weighted by atomic mass is 10.0. The van der Waals surface area contributed by atoms with Gasteiger partial charge in [-0.05, 0) is 49.7 Å². The van der Waals surface area contributed by atoms with E-state index in [0.29, 0.717) is 22.9 Å². The van der Waals surface area contributed by atoms with Gasteiger partial charge in [0.1, 0.15) is 23.2 Å². The molecule has 2 rings (SSSR count). The predicted octanol–water partition coefficient (Wildman–Crippen LogP) is 4.00. The number of nitrogens with zero attached hydrogens (tertiary/aromatic N) is 1. The van der Waals surface area contributed by atoms with Crippen molar-refractivity contribution in [2.24, 2.45) is 5.92 Å². The van der Waals surface area contributed by atoms with E-state index in [2.05, 4.69) is 6.58 Å². The molecule has 1 atom stereocenters. The summed E-state index contributed by atoms with van der Waals surface area (Å²) in [5, 5.41) is 0. The molecule has 2 aromatic rings. The Bertz CT molecular complexity index is 893. The summed E-state index contributed by atoms with van der Waals surface area (Å²) >= 11 is 0. The molecule has 0 aliphatic heterocycles. The maximum absolute atomic E-state index is 13.5. The third-order valence-corrected chi connectivity index (χ3v) is 4.74. The van der Waals surface area contributed by atoms with E-state index in [-0.39, 0.29) is 25.5 Å². The lowest BCUT2D eigenvalue weighted by molar-refractivity contribution is -0.151. The summed E-state index contributed by atoms with van der Waals surface area (Å²) in [6.45, 7) is 5.76. The number of hydrogen-bond donors (Lipinski definition) is 0. The molecule has 166 valence electrons. The molecular formula is C24H29NO6. The third-order valence-electron chi connectivity index (χ3n) is 4.74. The van der Waals surface area contributed by atoms with Crippen LogP contribution in [0.3, 0.4) is 0 Å². The Morgan fingerprint density at radius 1 is 1.00 bits per heavy atom. The molecule has 31 heavy (non-hydrogen) atoms. The van der Waals surface area contributed by atoms with Crippen LogP contribution in [0.1, 0.15) is 18.9 Å². The standard InChI is InChI=1S/C24H29NO6/c1-6-8-21(24(27)31-7-2)23(26)25(18-10-13-19(28-3)14-11-18)16-17-9-12-20(29-4)15-22(17)30-5/h6,9-15,21H,1,7-8,16H2,2-5H3. The highest BCUT2D eigenvalue weighted by Crippen LogP contribution is 2.30. The van der Waals surface area contributed by atoms with Gasteiger partial charge in [0.2, 0.25) is 5.91 Å². The first-order chi connectivity index (χ1) is 15.0. The van der Waals surface area contributed by atoms with Gasteiger partial charge in [-0.25, -0.2) is 0 Å². The SMILES string of the molecule is C=CCC(C(=O)OCC)C(=O)N(Cc1ccc(OC)cc1OC)c1ccc(OC)cc1. The van der Waals surface area contributed by atoms with Crippen LogP contribution in [0, 0.1) is 5.92 Å². The molecule has 0 spiro atoms. The third kappa shape index (κ3) is 6.01. The van der Waals surface area contributed by atoms with E-state index >= 15 is 0 Å². The van der Waals surface area contributed by atoms with Gasteiger partial charge in [-0.15, -0.1) is 6.58 Å².